The van der Waals surface area contributed by atoms with E-state index in [1.807, 2.05) is 42.5 Å². The highest BCUT2D eigenvalue weighted by Crippen LogP contribution is 2.31. The van der Waals surface area contributed by atoms with Gasteiger partial charge in [0.1, 0.15) is 18.1 Å². The summed E-state index contributed by atoms with van der Waals surface area (Å²) >= 11 is 1.28. The molecule has 1 aliphatic rings. The number of methoxy groups -OCH3 is 2. The maximum absolute atomic E-state index is 13.6. The average molecular weight is 477 g/mol. The molecule has 0 saturated heterocycles. The summed E-state index contributed by atoms with van der Waals surface area (Å²) in [7, 11) is 3.19. The molecule has 0 N–H and O–H groups in total. The number of benzene rings is 2. The first-order valence-corrected chi connectivity index (χ1v) is 11.4. The number of ether oxygens (including phenoxy) is 3. The summed E-state index contributed by atoms with van der Waals surface area (Å²) in [6.45, 7) is 5.41. The van der Waals surface area contributed by atoms with Gasteiger partial charge >= 0.3 is 5.97 Å². The number of allylic oxidation sites excluding steroid dienone is 1. The Morgan fingerprint density at radius 3 is 2.29 bits per heavy atom. The fourth-order valence-corrected chi connectivity index (χ4v) is 4.79. The molecule has 1 aliphatic heterocycles. The van der Waals surface area contributed by atoms with Crippen molar-refractivity contribution in [2.24, 2.45) is 4.99 Å². The van der Waals surface area contributed by atoms with Gasteiger partial charge in [-0.3, -0.25) is 9.36 Å². The van der Waals surface area contributed by atoms with E-state index in [2.05, 4.69) is 11.6 Å². The number of carbonyl (C=O) groups is 1. The highest BCUT2D eigenvalue weighted by molar-refractivity contribution is 7.07. The van der Waals surface area contributed by atoms with Gasteiger partial charge in [0.2, 0.25) is 0 Å². The van der Waals surface area contributed by atoms with E-state index in [1.54, 1.807) is 37.8 Å². The van der Waals surface area contributed by atoms with Crippen LogP contribution in [0.5, 0.6) is 11.5 Å². The summed E-state index contributed by atoms with van der Waals surface area (Å²) < 4.78 is 17.9. The molecule has 0 aliphatic carbocycles. The van der Waals surface area contributed by atoms with Crippen molar-refractivity contribution in [3.05, 3.63) is 103 Å². The van der Waals surface area contributed by atoms with Crippen LogP contribution in [0.15, 0.2) is 82.2 Å². The minimum absolute atomic E-state index is 0.0623. The van der Waals surface area contributed by atoms with E-state index in [0.717, 1.165) is 16.9 Å². The number of rotatable bonds is 7. The third-order valence-corrected chi connectivity index (χ3v) is 6.40. The van der Waals surface area contributed by atoms with E-state index in [-0.39, 0.29) is 12.2 Å². The summed E-state index contributed by atoms with van der Waals surface area (Å²) in [5, 5.41) is 0. The van der Waals surface area contributed by atoms with Crippen LogP contribution >= 0.6 is 11.3 Å². The van der Waals surface area contributed by atoms with Crippen molar-refractivity contribution in [2.45, 2.75) is 13.0 Å². The molecule has 0 fully saturated rings. The van der Waals surface area contributed by atoms with Gasteiger partial charge in [-0.25, -0.2) is 9.79 Å². The monoisotopic (exact) mass is 476 g/mol. The number of hydrogen-bond acceptors (Lipinski definition) is 7. The lowest BCUT2D eigenvalue weighted by Crippen LogP contribution is -2.39. The van der Waals surface area contributed by atoms with Crippen LogP contribution in [-0.4, -0.2) is 31.4 Å². The van der Waals surface area contributed by atoms with Crippen LogP contribution in [0.2, 0.25) is 0 Å². The molecule has 7 nitrogen and oxygen atoms in total. The Morgan fingerprint density at radius 1 is 1.09 bits per heavy atom. The highest BCUT2D eigenvalue weighted by atomic mass is 32.1. The van der Waals surface area contributed by atoms with Gasteiger partial charge < -0.3 is 14.2 Å². The summed E-state index contributed by atoms with van der Waals surface area (Å²) in [6, 6.07) is 14.0. The van der Waals surface area contributed by atoms with E-state index in [4.69, 9.17) is 14.2 Å². The first-order chi connectivity index (χ1) is 16.5. The lowest BCUT2D eigenvalue weighted by molar-refractivity contribution is -0.138. The molecule has 0 unspecified atom stereocenters. The summed E-state index contributed by atoms with van der Waals surface area (Å²) in [5.74, 6) is 0.870. The number of aromatic nitrogens is 1. The molecular formula is C26H24N2O5S. The number of carbonyl (C=O) groups excluding carboxylic acids is 1. The predicted octanol–water partition coefficient (Wildman–Crippen LogP) is 2.98. The first kappa shape index (κ1) is 23.3. The Hall–Kier alpha value is -3.91. The van der Waals surface area contributed by atoms with Gasteiger partial charge in [-0.05, 0) is 48.4 Å². The van der Waals surface area contributed by atoms with Crippen molar-refractivity contribution in [3.8, 4) is 11.5 Å². The van der Waals surface area contributed by atoms with Crippen molar-refractivity contribution in [1.82, 2.24) is 4.57 Å². The standard InChI is InChI=1S/C26H24N2O5S/c1-5-14-33-25(30)22-16(2)27-26-28(23(22)18-8-12-20(32-4)13-9-18)24(29)21(34-26)15-17-6-10-19(31-3)11-7-17/h5-13,15,23H,1,14H2,2-4H3/t23-/m1/s1. The molecule has 4 rings (SSSR count). The SMILES string of the molecule is C=CCOC(=O)C1=C(C)N=c2sc(=Cc3ccc(OC)cc3)c(=O)n2[C@@H]1c1ccc(OC)cc1. The van der Waals surface area contributed by atoms with Gasteiger partial charge in [0, 0.05) is 0 Å². The minimum atomic E-state index is -0.683. The van der Waals surface area contributed by atoms with Crippen LogP contribution in [0.25, 0.3) is 6.08 Å². The van der Waals surface area contributed by atoms with Gasteiger partial charge in [0.25, 0.3) is 5.56 Å². The molecule has 0 saturated carbocycles. The Balaban J connectivity index is 1.89. The second kappa shape index (κ2) is 9.93. The number of nitrogens with zero attached hydrogens (tertiary/aromatic N) is 2. The number of fused-ring (bicyclic) bond motifs is 1. The van der Waals surface area contributed by atoms with Crippen LogP contribution in [0.1, 0.15) is 24.1 Å². The van der Waals surface area contributed by atoms with E-state index < -0.39 is 12.0 Å². The number of esters is 1. The second-order valence-corrected chi connectivity index (χ2v) is 8.52. The molecule has 1 aromatic heterocycles. The van der Waals surface area contributed by atoms with Crippen LogP contribution in [0.3, 0.4) is 0 Å². The Morgan fingerprint density at radius 2 is 1.71 bits per heavy atom. The number of hydrogen-bond donors (Lipinski definition) is 0. The van der Waals surface area contributed by atoms with E-state index in [0.29, 0.717) is 26.4 Å². The van der Waals surface area contributed by atoms with Gasteiger partial charge in [-0.2, -0.15) is 0 Å². The second-order valence-electron chi connectivity index (χ2n) is 7.52. The summed E-state index contributed by atoms with van der Waals surface area (Å²) in [4.78, 5) is 31.7. The third-order valence-electron chi connectivity index (χ3n) is 5.42. The maximum atomic E-state index is 13.6. The topological polar surface area (TPSA) is 79.1 Å². The lowest BCUT2D eigenvalue weighted by atomic mass is 9.96. The zero-order chi connectivity index (χ0) is 24.2. The minimum Gasteiger partial charge on any atom is -0.497 e. The molecule has 1 atom stereocenters. The largest absolute Gasteiger partial charge is 0.497 e. The zero-order valence-electron chi connectivity index (χ0n) is 19.1. The van der Waals surface area contributed by atoms with E-state index in [9.17, 15) is 9.59 Å². The van der Waals surface area contributed by atoms with Crippen LogP contribution < -0.4 is 24.4 Å². The molecule has 0 amide bonds. The van der Waals surface area contributed by atoms with Crippen molar-refractivity contribution in [1.29, 1.82) is 0 Å². The quantitative estimate of drug-likeness (QED) is 0.387. The van der Waals surface area contributed by atoms with Crippen LogP contribution in [-0.2, 0) is 9.53 Å². The molecule has 8 heteroatoms. The fraction of sp³-hybridized carbons (Fsp3) is 0.192. The van der Waals surface area contributed by atoms with Gasteiger partial charge in [0.15, 0.2) is 4.80 Å². The Kier molecular flexibility index (Phi) is 6.79. The van der Waals surface area contributed by atoms with Crippen LogP contribution in [0, 0.1) is 0 Å². The molecule has 174 valence electrons. The average Bonchev–Trinajstić information content (AvgIpc) is 3.16. The van der Waals surface area contributed by atoms with Gasteiger partial charge in [-0.1, -0.05) is 48.3 Å². The fourth-order valence-electron chi connectivity index (χ4n) is 3.75. The molecular weight excluding hydrogens is 452 g/mol. The molecule has 0 spiro atoms. The van der Waals surface area contributed by atoms with Crippen LogP contribution in [0.4, 0.5) is 0 Å². The summed E-state index contributed by atoms with van der Waals surface area (Å²) in [6.07, 6.45) is 3.31. The van der Waals surface area contributed by atoms with Crippen molar-refractivity contribution < 1.29 is 19.0 Å². The Bertz CT molecular complexity index is 1430. The molecule has 0 radical (unpaired) electrons. The predicted molar refractivity (Wildman–Crippen MR) is 131 cm³/mol. The maximum Gasteiger partial charge on any atom is 0.338 e. The molecule has 0 bridgehead atoms. The van der Waals surface area contributed by atoms with Crippen molar-refractivity contribution in [2.75, 3.05) is 20.8 Å². The lowest BCUT2D eigenvalue weighted by Gasteiger charge is -2.24. The highest BCUT2D eigenvalue weighted by Gasteiger charge is 2.33. The zero-order valence-corrected chi connectivity index (χ0v) is 19.9. The van der Waals surface area contributed by atoms with E-state index >= 15 is 0 Å². The number of thiazole rings is 1. The van der Waals surface area contributed by atoms with E-state index in [1.165, 1.54) is 17.4 Å². The van der Waals surface area contributed by atoms with Gasteiger partial charge in [0.05, 0.1) is 36.1 Å². The normalized spacial score (nSPS) is 15.4. The summed E-state index contributed by atoms with van der Waals surface area (Å²) in [5.41, 5.74) is 2.19. The van der Waals surface area contributed by atoms with Crippen molar-refractivity contribution in [3.63, 3.8) is 0 Å². The Labute approximate surface area is 200 Å². The molecule has 2 aromatic carbocycles. The molecule has 2 heterocycles. The van der Waals surface area contributed by atoms with Crippen molar-refractivity contribution >= 4 is 23.4 Å². The molecule has 3 aromatic rings. The third kappa shape index (κ3) is 4.45. The first-order valence-electron chi connectivity index (χ1n) is 10.6. The molecule has 34 heavy (non-hydrogen) atoms. The smallest absolute Gasteiger partial charge is 0.338 e. The van der Waals surface area contributed by atoms with Gasteiger partial charge in [-0.15, -0.1) is 0 Å².